The summed E-state index contributed by atoms with van der Waals surface area (Å²) in [5.41, 5.74) is -0.561. The van der Waals surface area contributed by atoms with E-state index in [9.17, 15) is 22.8 Å². The van der Waals surface area contributed by atoms with Crippen LogP contribution in [0.5, 0.6) is 0 Å². The first-order chi connectivity index (χ1) is 12.8. The number of carbonyl (C=O) groups excluding carboxylic acids is 2. The van der Waals surface area contributed by atoms with E-state index in [0.29, 0.717) is 45.9 Å². The average Bonchev–Trinajstić information content (AvgIpc) is 2.68. The summed E-state index contributed by atoms with van der Waals surface area (Å²) in [5.74, 6) is -0.289. The number of rotatable bonds is 3. The number of morpholine rings is 1. The SMILES string of the molecule is O=C(CN1CCOCC1)N1CCN(C(=O)c2ccc(C(F)(F)F)cc2)CC1. The highest BCUT2D eigenvalue weighted by atomic mass is 19.4. The van der Waals surface area contributed by atoms with Gasteiger partial charge in [0.05, 0.1) is 25.3 Å². The van der Waals surface area contributed by atoms with Crippen LogP contribution in [0, 0.1) is 0 Å². The number of benzene rings is 1. The van der Waals surface area contributed by atoms with Gasteiger partial charge in [-0.15, -0.1) is 0 Å². The van der Waals surface area contributed by atoms with Crippen molar-refractivity contribution in [3.05, 3.63) is 35.4 Å². The van der Waals surface area contributed by atoms with Crippen LogP contribution in [0.4, 0.5) is 13.2 Å². The maximum atomic E-state index is 12.6. The molecule has 2 amide bonds. The van der Waals surface area contributed by atoms with Crippen molar-refractivity contribution >= 4 is 11.8 Å². The third-order valence-electron chi connectivity index (χ3n) is 4.84. The van der Waals surface area contributed by atoms with Gasteiger partial charge in [0.15, 0.2) is 0 Å². The van der Waals surface area contributed by atoms with Gasteiger partial charge in [0.2, 0.25) is 5.91 Å². The molecule has 1 aromatic carbocycles. The number of piperazine rings is 1. The fraction of sp³-hybridized carbons (Fsp3) is 0.556. The molecule has 0 radical (unpaired) electrons. The van der Waals surface area contributed by atoms with Crippen molar-refractivity contribution in [2.24, 2.45) is 0 Å². The van der Waals surface area contributed by atoms with E-state index in [1.54, 1.807) is 9.80 Å². The van der Waals surface area contributed by atoms with Gasteiger partial charge in [-0.2, -0.15) is 13.2 Å². The zero-order chi connectivity index (χ0) is 19.4. The minimum absolute atomic E-state index is 0.0264. The second kappa shape index (κ2) is 8.26. The largest absolute Gasteiger partial charge is 0.416 e. The van der Waals surface area contributed by atoms with E-state index in [1.807, 2.05) is 4.90 Å². The average molecular weight is 385 g/mol. The van der Waals surface area contributed by atoms with Crippen LogP contribution in [0.1, 0.15) is 15.9 Å². The molecule has 0 atom stereocenters. The summed E-state index contributed by atoms with van der Waals surface area (Å²) in [4.78, 5) is 30.2. The molecule has 0 spiro atoms. The Morgan fingerprint density at radius 3 is 2.00 bits per heavy atom. The molecule has 6 nitrogen and oxygen atoms in total. The van der Waals surface area contributed by atoms with Gasteiger partial charge < -0.3 is 14.5 Å². The molecule has 0 bridgehead atoms. The number of alkyl halides is 3. The molecule has 2 heterocycles. The van der Waals surface area contributed by atoms with Crippen molar-refractivity contribution in [1.82, 2.24) is 14.7 Å². The molecule has 148 valence electrons. The van der Waals surface area contributed by atoms with Crippen molar-refractivity contribution in [1.29, 1.82) is 0 Å². The van der Waals surface area contributed by atoms with E-state index < -0.39 is 11.7 Å². The summed E-state index contributed by atoms with van der Waals surface area (Å²) in [5, 5.41) is 0. The maximum Gasteiger partial charge on any atom is 0.416 e. The van der Waals surface area contributed by atoms with Crippen molar-refractivity contribution in [3.63, 3.8) is 0 Å². The first-order valence-electron chi connectivity index (χ1n) is 8.89. The predicted molar refractivity (Wildman–Crippen MR) is 91.2 cm³/mol. The fourth-order valence-electron chi connectivity index (χ4n) is 3.19. The number of nitrogens with zero attached hydrogens (tertiary/aromatic N) is 3. The lowest BCUT2D eigenvalue weighted by Gasteiger charge is -2.36. The Morgan fingerprint density at radius 2 is 1.44 bits per heavy atom. The number of carbonyl (C=O) groups is 2. The lowest BCUT2D eigenvalue weighted by atomic mass is 10.1. The van der Waals surface area contributed by atoms with Crippen molar-refractivity contribution in [2.45, 2.75) is 6.18 Å². The Bertz CT molecular complexity index is 665. The van der Waals surface area contributed by atoms with Gasteiger partial charge in [0.25, 0.3) is 5.91 Å². The molecule has 0 unspecified atom stereocenters. The third kappa shape index (κ3) is 4.98. The lowest BCUT2D eigenvalue weighted by Crippen LogP contribution is -2.53. The molecule has 0 saturated carbocycles. The number of halogens is 3. The molecule has 1 aromatic rings. The van der Waals surface area contributed by atoms with Crippen LogP contribution in [0.3, 0.4) is 0 Å². The van der Waals surface area contributed by atoms with Crippen molar-refractivity contribution in [2.75, 3.05) is 59.0 Å². The summed E-state index contributed by atoms with van der Waals surface area (Å²) >= 11 is 0. The fourth-order valence-corrected chi connectivity index (χ4v) is 3.19. The van der Waals surface area contributed by atoms with Gasteiger partial charge in [0, 0.05) is 44.8 Å². The first-order valence-corrected chi connectivity index (χ1v) is 8.89. The normalized spacial score (nSPS) is 19.2. The Morgan fingerprint density at radius 1 is 0.889 bits per heavy atom. The van der Waals surface area contributed by atoms with E-state index in [-0.39, 0.29) is 17.4 Å². The molecular formula is C18H22F3N3O3. The van der Waals surface area contributed by atoms with Crippen LogP contribution >= 0.6 is 0 Å². The zero-order valence-electron chi connectivity index (χ0n) is 14.9. The number of amides is 2. The van der Waals surface area contributed by atoms with Crippen LogP contribution in [-0.4, -0.2) is 85.5 Å². The highest BCUT2D eigenvalue weighted by Crippen LogP contribution is 2.29. The smallest absolute Gasteiger partial charge is 0.379 e. The molecule has 0 N–H and O–H groups in total. The summed E-state index contributed by atoms with van der Waals surface area (Å²) in [7, 11) is 0. The first kappa shape index (κ1) is 19.6. The minimum atomic E-state index is -4.42. The van der Waals surface area contributed by atoms with Crippen LogP contribution in [0.15, 0.2) is 24.3 Å². The van der Waals surface area contributed by atoms with E-state index in [4.69, 9.17) is 4.74 Å². The Labute approximate surface area is 155 Å². The highest BCUT2D eigenvalue weighted by Gasteiger charge is 2.31. The predicted octanol–water partition coefficient (Wildman–Crippen LogP) is 1.32. The second-order valence-electron chi connectivity index (χ2n) is 6.64. The van der Waals surface area contributed by atoms with E-state index >= 15 is 0 Å². The minimum Gasteiger partial charge on any atom is -0.379 e. The molecule has 2 fully saturated rings. The van der Waals surface area contributed by atoms with E-state index in [0.717, 1.165) is 25.2 Å². The highest BCUT2D eigenvalue weighted by molar-refractivity contribution is 5.94. The van der Waals surface area contributed by atoms with Crippen molar-refractivity contribution < 1.29 is 27.5 Å². The standard InChI is InChI=1S/C18H22F3N3O3/c19-18(20,21)15-3-1-14(2-4-15)17(26)24-7-5-23(6-8-24)16(25)13-22-9-11-27-12-10-22/h1-4H,5-13H2. The molecule has 2 aliphatic heterocycles. The second-order valence-corrected chi connectivity index (χ2v) is 6.64. The molecule has 0 aromatic heterocycles. The van der Waals surface area contributed by atoms with Gasteiger partial charge >= 0.3 is 6.18 Å². The monoisotopic (exact) mass is 385 g/mol. The number of ether oxygens (including phenoxy) is 1. The molecule has 9 heteroatoms. The van der Waals surface area contributed by atoms with Gasteiger partial charge in [-0.25, -0.2) is 0 Å². The Hall–Kier alpha value is -2.13. The molecule has 2 aliphatic rings. The van der Waals surface area contributed by atoms with Crippen LogP contribution in [0.25, 0.3) is 0 Å². The number of hydrogen-bond acceptors (Lipinski definition) is 4. The third-order valence-corrected chi connectivity index (χ3v) is 4.84. The Balaban J connectivity index is 1.50. The van der Waals surface area contributed by atoms with Crippen LogP contribution in [0.2, 0.25) is 0 Å². The van der Waals surface area contributed by atoms with Gasteiger partial charge in [-0.05, 0) is 24.3 Å². The maximum absolute atomic E-state index is 12.6. The summed E-state index contributed by atoms with van der Waals surface area (Å²) in [6, 6.07) is 4.22. The quantitative estimate of drug-likeness (QED) is 0.788. The molecule has 27 heavy (non-hydrogen) atoms. The molecule has 2 saturated heterocycles. The molecular weight excluding hydrogens is 363 g/mol. The summed E-state index contributed by atoms with van der Waals surface area (Å²) in [6.07, 6.45) is -4.42. The summed E-state index contributed by atoms with van der Waals surface area (Å²) < 4.78 is 43.1. The lowest BCUT2D eigenvalue weighted by molar-refractivity contribution is -0.137. The Kier molecular flexibility index (Phi) is 6.01. The van der Waals surface area contributed by atoms with Gasteiger partial charge in [0.1, 0.15) is 0 Å². The molecule has 3 rings (SSSR count). The van der Waals surface area contributed by atoms with Crippen molar-refractivity contribution in [3.8, 4) is 0 Å². The van der Waals surface area contributed by atoms with Gasteiger partial charge in [-0.3, -0.25) is 14.5 Å². The van der Waals surface area contributed by atoms with E-state index in [2.05, 4.69) is 0 Å². The van der Waals surface area contributed by atoms with Crippen LogP contribution in [-0.2, 0) is 15.7 Å². The van der Waals surface area contributed by atoms with E-state index in [1.165, 1.54) is 12.1 Å². The summed E-state index contributed by atoms with van der Waals surface area (Å²) in [6.45, 7) is 4.66. The van der Waals surface area contributed by atoms with Crippen LogP contribution < -0.4 is 0 Å². The molecule has 0 aliphatic carbocycles. The number of hydrogen-bond donors (Lipinski definition) is 0. The zero-order valence-corrected chi connectivity index (χ0v) is 14.9. The topological polar surface area (TPSA) is 53.1 Å². The van der Waals surface area contributed by atoms with Gasteiger partial charge in [-0.1, -0.05) is 0 Å².